The van der Waals surface area contributed by atoms with Gasteiger partial charge in [0.1, 0.15) is 5.82 Å². The predicted molar refractivity (Wildman–Crippen MR) is 64.6 cm³/mol. The molecular weight excluding hydrogens is 221 g/mol. The number of nitrogens with one attached hydrogen (secondary N) is 1. The van der Waals surface area contributed by atoms with Crippen molar-refractivity contribution >= 4 is 11.6 Å². The minimum Gasteiger partial charge on any atom is -0.368 e. The van der Waals surface area contributed by atoms with Crippen molar-refractivity contribution in [3.63, 3.8) is 0 Å². The molecular formula is C12H16FN3O. The third-order valence-corrected chi connectivity index (χ3v) is 2.93. The number of carbonyl (C=O) groups excluding carboxylic acids is 1. The Balaban J connectivity index is 2.33. The zero-order valence-electron chi connectivity index (χ0n) is 9.74. The summed E-state index contributed by atoms with van der Waals surface area (Å²) in [5, 5.41) is 3.31. The molecule has 2 rings (SSSR count). The van der Waals surface area contributed by atoms with Crippen LogP contribution in [0.1, 0.15) is 17.3 Å². The van der Waals surface area contributed by atoms with Gasteiger partial charge in [0.05, 0.1) is 5.56 Å². The highest BCUT2D eigenvalue weighted by Crippen LogP contribution is 2.22. The van der Waals surface area contributed by atoms with E-state index in [4.69, 9.17) is 5.73 Å². The molecule has 0 bridgehead atoms. The molecule has 0 saturated carbocycles. The van der Waals surface area contributed by atoms with Gasteiger partial charge < -0.3 is 16.0 Å². The Bertz CT molecular complexity index is 436. The molecule has 0 aromatic heterocycles. The lowest BCUT2D eigenvalue weighted by molar-refractivity contribution is 0.1000. The summed E-state index contributed by atoms with van der Waals surface area (Å²) in [5.74, 6) is -1.03. The zero-order chi connectivity index (χ0) is 12.4. The Kier molecular flexibility index (Phi) is 3.28. The number of rotatable bonds is 2. The monoisotopic (exact) mass is 237 g/mol. The maximum atomic E-state index is 13.1. The molecule has 1 aliphatic heterocycles. The fraction of sp³-hybridized carbons (Fsp3) is 0.417. The first kappa shape index (κ1) is 11.9. The van der Waals surface area contributed by atoms with Crippen LogP contribution in [0.4, 0.5) is 10.1 Å². The van der Waals surface area contributed by atoms with Crippen LogP contribution in [-0.2, 0) is 0 Å². The molecule has 1 fully saturated rings. The normalized spacial score (nSPS) is 20.4. The van der Waals surface area contributed by atoms with Crippen LogP contribution in [-0.4, -0.2) is 31.6 Å². The summed E-state index contributed by atoms with van der Waals surface area (Å²) in [6.07, 6.45) is 0. The quantitative estimate of drug-likeness (QED) is 0.797. The molecule has 0 radical (unpaired) electrons. The summed E-state index contributed by atoms with van der Waals surface area (Å²) in [7, 11) is 0. The van der Waals surface area contributed by atoms with Crippen LogP contribution in [0.5, 0.6) is 0 Å². The summed E-state index contributed by atoms with van der Waals surface area (Å²) in [5.41, 5.74) is 6.24. The number of amides is 1. The third-order valence-electron chi connectivity index (χ3n) is 2.93. The van der Waals surface area contributed by atoms with Crippen LogP contribution in [0, 0.1) is 5.82 Å². The van der Waals surface area contributed by atoms with E-state index in [1.54, 1.807) is 6.07 Å². The van der Waals surface area contributed by atoms with E-state index in [1.165, 1.54) is 12.1 Å². The molecule has 4 nitrogen and oxygen atoms in total. The number of anilines is 1. The van der Waals surface area contributed by atoms with Gasteiger partial charge in [0.15, 0.2) is 0 Å². The van der Waals surface area contributed by atoms with Gasteiger partial charge in [0.25, 0.3) is 5.91 Å². The molecule has 1 heterocycles. The van der Waals surface area contributed by atoms with Gasteiger partial charge in [0.2, 0.25) is 0 Å². The Hall–Kier alpha value is -1.62. The number of piperazine rings is 1. The lowest BCUT2D eigenvalue weighted by atomic mass is 10.1. The van der Waals surface area contributed by atoms with Crippen molar-refractivity contribution in [2.45, 2.75) is 13.0 Å². The Labute approximate surface area is 99.6 Å². The largest absolute Gasteiger partial charge is 0.368 e. The van der Waals surface area contributed by atoms with Crippen LogP contribution >= 0.6 is 0 Å². The molecule has 1 aromatic carbocycles. The predicted octanol–water partition coefficient (Wildman–Crippen LogP) is 0.723. The summed E-state index contributed by atoms with van der Waals surface area (Å²) >= 11 is 0. The standard InChI is InChI=1S/C12H16FN3O/c1-8-7-16(5-4-15-8)11-3-2-9(13)6-10(11)12(14)17/h2-3,6,8,15H,4-5,7H2,1H3,(H2,14,17). The molecule has 1 saturated heterocycles. The van der Waals surface area contributed by atoms with Gasteiger partial charge in [0, 0.05) is 31.4 Å². The van der Waals surface area contributed by atoms with Gasteiger partial charge in [-0.3, -0.25) is 4.79 Å². The van der Waals surface area contributed by atoms with Crippen molar-refractivity contribution in [3.05, 3.63) is 29.6 Å². The van der Waals surface area contributed by atoms with Gasteiger partial charge in [-0.15, -0.1) is 0 Å². The second kappa shape index (κ2) is 4.71. The minimum atomic E-state index is -0.592. The van der Waals surface area contributed by atoms with Gasteiger partial charge in [-0.1, -0.05) is 0 Å². The van der Waals surface area contributed by atoms with E-state index in [0.29, 0.717) is 11.7 Å². The fourth-order valence-corrected chi connectivity index (χ4v) is 2.13. The van der Waals surface area contributed by atoms with Crippen LogP contribution in [0.25, 0.3) is 0 Å². The van der Waals surface area contributed by atoms with Gasteiger partial charge in [-0.2, -0.15) is 0 Å². The first-order valence-electron chi connectivity index (χ1n) is 5.65. The average Bonchev–Trinajstić information content (AvgIpc) is 2.28. The van der Waals surface area contributed by atoms with Gasteiger partial charge in [-0.25, -0.2) is 4.39 Å². The smallest absolute Gasteiger partial charge is 0.250 e. The van der Waals surface area contributed by atoms with E-state index >= 15 is 0 Å². The number of halogens is 1. The SMILES string of the molecule is CC1CN(c2ccc(F)cc2C(N)=O)CCN1. The summed E-state index contributed by atoms with van der Waals surface area (Å²) in [4.78, 5) is 13.4. The highest BCUT2D eigenvalue weighted by atomic mass is 19.1. The number of hydrogen-bond acceptors (Lipinski definition) is 3. The molecule has 1 aromatic rings. The second-order valence-electron chi connectivity index (χ2n) is 4.33. The number of carbonyl (C=O) groups is 1. The molecule has 5 heteroatoms. The van der Waals surface area contributed by atoms with E-state index < -0.39 is 11.7 Å². The van der Waals surface area contributed by atoms with E-state index in [1.807, 2.05) is 0 Å². The topological polar surface area (TPSA) is 58.4 Å². The lowest BCUT2D eigenvalue weighted by Gasteiger charge is -2.34. The Morgan fingerprint density at radius 2 is 2.35 bits per heavy atom. The lowest BCUT2D eigenvalue weighted by Crippen LogP contribution is -2.49. The van der Waals surface area contributed by atoms with Crippen molar-refractivity contribution in [2.75, 3.05) is 24.5 Å². The molecule has 17 heavy (non-hydrogen) atoms. The molecule has 0 aliphatic carbocycles. The van der Waals surface area contributed by atoms with Crippen LogP contribution < -0.4 is 16.0 Å². The molecule has 1 amide bonds. The molecule has 0 spiro atoms. The highest BCUT2D eigenvalue weighted by Gasteiger charge is 2.20. The number of benzene rings is 1. The first-order valence-corrected chi connectivity index (χ1v) is 5.65. The van der Waals surface area contributed by atoms with Crippen molar-refractivity contribution < 1.29 is 9.18 Å². The van der Waals surface area contributed by atoms with Crippen molar-refractivity contribution in [2.24, 2.45) is 5.73 Å². The average molecular weight is 237 g/mol. The number of primary amides is 1. The third kappa shape index (κ3) is 2.55. The van der Waals surface area contributed by atoms with Gasteiger partial charge >= 0.3 is 0 Å². The Morgan fingerprint density at radius 1 is 1.59 bits per heavy atom. The summed E-state index contributed by atoms with van der Waals surface area (Å²) in [6, 6.07) is 4.52. The van der Waals surface area contributed by atoms with Crippen LogP contribution in [0.2, 0.25) is 0 Å². The first-order chi connectivity index (χ1) is 8.08. The maximum Gasteiger partial charge on any atom is 0.250 e. The highest BCUT2D eigenvalue weighted by molar-refractivity contribution is 5.98. The van der Waals surface area contributed by atoms with Crippen molar-refractivity contribution in [3.8, 4) is 0 Å². The van der Waals surface area contributed by atoms with E-state index in [-0.39, 0.29) is 5.56 Å². The van der Waals surface area contributed by atoms with E-state index in [9.17, 15) is 9.18 Å². The molecule has 3 N–H and O–H groups in total. The number of nitrogens with two attached hydrogens (primary N) is 1. The Morgan fingerprint density at radius 3 is 3.00 bits per heavy atom. The molecule has 92 valence electrons. The maximum absolute atomic E-state index is 13.1. The molecule has 1 unspecified atom stereocenters. The fourth-order valence-electron chi connectivity index (χ4n) is 2.13. The van der Waals surface area contributed by atoms with E-state index in [0.717, 1.165) is 19.6 Å². The van der Waals surface area contributed by atoms with Gasteiger partial charge in [-0.05, 0) is 25.1 Å². The number of nitrogens with zero attached hydrogens (tertiary/aromatic N) is 1. The van der Waals surface area contributed by atoms with Crippen LogP contribution in [0.15, 0.2) is 18.2 Å². The second-order valence-corrected chi connectivity index (χ2v) is 4.33. The summed E-state index contributed by atoms with van der Waals surface area (Å²) < 4.78 is 13.1. The van der Waals surface area contributed by atoms with E-state index in [2.05, 4.69) is 17.1 Å². The number of hydrogen-bond donors (Lipinski definition) is 2. The van der Waals surface area contributed by atoms with Crippen LogP contribution in [0.3, 0.4) is 0 Å². The molecule has 1 atom stereocenters. The molecule has 1 aliphatic rings. The minimum absolute atomic E-state index is 0.249. The zero-order valence-corrected chi connectivity index (χ0v) is 9.74. The van der Waals surface area contributed by atoms with Crippen molar-refractivity contribution in [1.29, 1.82) is 0 Å². The van der Waals surface area contributed by atoms with Crippen molar-refractivity contribution in [1.82, 2.24) is 5.32 Å². The summed E-state index contributed by atoms with van der Waals surface area (Å²) in [6.45, 7) is 4.48.